The summed E-state index contributed by atoms with van der Waals surface area (Å²) in [6.45, 7) is 12.1. The van der Waals surface area contributed by atoms with Gasteiger partial charge in [-0.2, -0.15) is 0 Å². The molecule has 0 bridgehead atoms. The Bertz CT molecular complexity index is 401. The summed E-state index contributed by atoms with van der Waals surface area (Å²) in [6.07, 6.45) is 3.16. The van der Waals surface area contributed by atoms with Crippen molar-refractivity contribution in [1.82, 2.24) is 10.3 Å². The van der Waals surface area contributed by atoms with E-state index in [1.807, 2.05) is 0 Å². The van der Waals surface area contributed by atoms with Crippen molar-refractivity contribution in [3.63, 3.8) is 0 Å². The van der Waals surface area contributed by atoms with Gasteiger partial charge in [-0.15, -0.1) is 0 Å². The molecule has 1 aliphatic rings. The fraction of sp³-hybridized carbons (Fsp3) is 0.667. The van der Waals surface area contributed by atoms with Crippen LogP contribution in [0.3, 0.4) is 0 Å². The molecule has 1 aromatic heterocycles. The van der Waals surface area contributed by atoms with E-state index in [4.69, 9.17) is 0 Å². The number of rotatable bonds is 3. The van der Waals surface area contributed by atoms with E-state index in [2.05, 4.69) is 55.2 Å². The second-order valence-corrected chi connectivity index (χ2v) is 5.55. The molecule has 3 heteroatoms. The Morgan fingerprint density at radius 3 is 2.89 bits per heavy atom. The zero-order valence-corrected chi connectivity index (χ0v) is 12.0. The predicted molar refractivity (Wildman–Crippen MR) is 77.4 cm³/mol. The highest BCUT2D eigenvalue weighted by molar-refractivity contribution is 5.45. The number of hydrogen-bond acceptors (Lipinski definition) is 3. The molecular formula is C15H25N3. The lowest BCUT2D eigenvalue weighted by Crippen LogP contribution is -2.49. The van der Waals surface area contributed by atoms with Crippen molar-refractivity contribution in [2.75, 3.05) is 24.5 Å². The molecule has 0 aliphatic carbocycles. The molecule has 1 aliphatic heterocycles. The minimum Gasteiger partial charge on any atom is -0.354 e. The highest BCUT2D eigenvalue weighted by atomic mass is 15.2. The summed E-state index contributed by atoms with van der Waals surface area (Å²) in [5, 5.41) is 3.47. The van der Waals surface area contributed by atoms with Gasteiger partial charge < -0.3 is 10.2 Å². The predicted octanol–water partition coefficient (Wildman–Crippen LogP) is 2.57. The molecule has 0 spiro atoms. The standard InChI is InChI=1S/C15H25N3/c1-5-13-8-15(17-9-14(13)11(2)3)18-7-6-16-12(4)10-18/h8-9,11-12,16H,5-7,10H2,1-4H3/t12-/m0/s1. The van der Waals surface area contributed by atoms with Crippen LogP contribution < -0.4 is 10.2 Å². The first-order valence-electron chi connectivity index (χ1n) is 7.09. The van der Waals surface area contributed by atoms with Gasteiger partial charge in [0.15, 0.2) is 0 Å². The van der Waals surface area contributed by atoms with E-state index in [0.717, 1.165) is 31.9 Å². The Morgan fingerprint density at radius 2 is 2.28 bits per heavy atom. The lowest BCUT2D eigenvalue weighted by Gasteiger charge is -2.33. The normalized spacial score (nSPS) is 20.5. The Balaban J connectivity index is 2.23. The maximum absolute atomic E-state index is 4.66. The summed E-state index contributed by atoms with van der Waals surface area (Å²) in [7, 11) is 0. The summed E-state index contributed by atoms with van der Waals surface area (Å²) in [5.74, 6) is 1.70. The number of hydrogen-bond donors (Lipinski definition) is 1. The zero-order valence-electron chi connectivity index (χ0n) is 12.0. The lowest BCUT2D eigenvalue weighted by atomic mass is 9.98. The van der Waals surface area contributed by atoms with Gasteiger partial charge in [-0.25, -0.2) is 4.98 Å². The van der Waals surface area contributed by atoms with Gasteiger partial charge in [-0.05, 0) is 36.5 Å². The number of aromatic nitrogens is 1. The molecule has 0 unspecified atom stereocenters. The van der Waals surface area contributed by atoms with E-state index < -0.39 is 0 Å². The lowest BCUT2D eigenvalue weighted by molar-refractivity contribution is 0.482. The largest absolute Gasteiger partial charge is 0.354 e. The number of anilines is 1. The summed E-state index contributed by atoms with van der Waals surface area (Å²) in [4.78, 5) is 7.06. The van der Waals surface area contributed by atoms with Crippen LogP contribution in [0.5, 0.6) is 0 Å². The van der Waals surface area contributed by atoms with Crippen molar-refractivity contribution in [2.45, 2.75) is 46.1 Å². The van der Waals surface area contributed by atoms with Gasteiger partial charge in [-0.1, -0.05) is 20.8 Å². The molecule has 1 fully saturated rings. The number of nitrogens with zero attached hydrogens (tertiary/aromatic N) is 2. The Hall–Kier alpha value is -1.09. The van der Waals surface area contributed by atoms with Gasteiger partial charge in [0.2, 0.25) is 0 Å². The van der Waals surface area contributed by atoms with E-state index >= 15 is 0 Å². The third kappa shape index (κ3) is 2.83. The zero-order chi connectivity index (χ0) is 13.1. The highest BCUT2D eigenvalue weighted by Crippen LogP contribution is 2.23. The second-order valence-electron chi connectivity index (χ2n) is 5.55. The molecule has 1 saturated heterocycles. The average Bonchev–Trinajstić information content (AvgIpc) is 2.37. The molecule has 18 heavy (non-hydrogen) atoms. The van der Waals surface area contributed by atoms with E-state index in [1.54, 1.807) is 0 Å². The van der Waals surface area contributed by atoms with Crippen LogP contribution in [0.2, 0.25) is 0 Å². The molecule has 100 valence electrons. The molecule has 2 heterocycles. The van der Waals surface area contributed by atoms with Gasteiger partial charge in [0, 0.05) is 31.9 Å². The molecule has 0 amide bonds. The number of nitrogens with one attached hydrogen (secondary N) is 1. The van der Waals surface area contributed by atoms with E-state index in [0.29, 0.717) is 12.0 Å². The quantitative estimate of drug-likeness (QED) is 0.890. The average molecular weight is 247 g/mol. The van der Waals surface area contributed by atoms with E-state index in [-0.39, 0.29) is 0 Å². The molecule has 1 N–H and O–H groups in total. The summed E-state index contributed by atoms with van der Waals surface area (Å²) >= 11 is 0. The van der Waals surface area contributed by atoms with Crippen molar-refractivity contribution in [3.05, 3.63) is 23.4 Å². The van der Waals surface area contributed by atoms with E-state index in [1.165, 1.54) is 11.1 Å². The van der Waals surface area contributed by atoms with Crippen molar-refractivity contribution in [3.8, 4) is 0 Å². The fourth-order valence-corrected chi connectivity index (χ4v) is 2.63. The van der Waals surface area contributed by atoms with E-state index in [9.17, 15) is 0 Å². The third-order valence-corrected chi connectivity index (χ3v) is 3.71. The first kappa shape index (κ1) is 13.3. The topological polar surface area (TPSA) is 28.2 Å². The number of piperazine rings is 1. The molecular weight excluding hydrogens is 222 g/mol. The van der Waals surface area contributed by atoms with Crippen LogP contribution >= 0.6 is 0 Å². The Labute approximate surface area is 111 Å². The van der Waals surface area contributed by atoms with Crippen LogP contribution in [-0.2, 0) is 6.42 Å². The van der Waals surface area contributed by atoms with Crippen molar-refractivity contribution < 1.29 is 0 Å². The van der Waals surface area contributed by atoms with Crippen molar-refractivity contribution in [2.24, 2.45) is 0 Å². The van der Waals surface area contributed by atoms with Crippen LogP contribution in [0.15, 0.2) is 12.3 Å². The Morgan fingerprint density at radius 1 is 1.50 bits per heavy atom. The summed E-state index contributed by atoms with van der Waals surface area (Å²) < 4.78 is 0. The van der Waals surface area contributed by atoms with Crippen LogP contribution in [0.25, 0.3) is 0 Å². The maximum atomic E-state index is 4.66. The number of pyridine rings is 1. The van der Waals surface area contributed by atoms with Crippen LogP contribution in [0, 0.1) is 0 Å². The fourth-order valence-electron chi connectivity index (χ4n) is 2.63. The molecule has 1 aromatic rings. The minimum absolute atomic E-state index is 0.551. The smallest absolute Gasteiger partial charge is 0.128 e. The first-order chi connectivity index (χ1) is 8.61. The Kier molecular flexibility index (Phi) is 4.23. The van der Waals surface area contributed by atoms with Gasteiger partial charge >= 0.3 is 0 Å². The maximum Gasteiger partial charge on any atom is 0.128 e. The van der Waals surface area contributed by atoms with Gasteiger partial charge in [0.25, 0.3) is 0 Å². The molecule has 0 saturated carbocycles. The van der Waals surface area contributed by atoms with Gasteiger partial charge in [0.1, 0.15) is 5.82 Å². The highest BCUT2D eigenvalue weighted by Gasteiger charge is 2.18. The monoisotopic (exact) mass is 247 g/mol. The second kappa shape index (κ2) is 5.70. The molecule has 1 atom stereocenters. The van der Waals surface area contributed by atoms with Crippen molar-refractivity contribution >= 4 is 5.82 Å². The summed E-state index contributed by atoms with van der Waals surface area (Å²) in [5.41, 5.74) is 2.84. The van der Waals surface area contributed by atoms with Gasteiger partial charge in [0.05, 0.1) is 0 Å². The SMILES string of the molecule is CCc1cc(N2CCN[C@@H](C)C2)ncc1C(C)C. The molecule has 3 nitrogen and oxygen atoms in total. The number of aryl methyl sites for hydroxylation is 1. The molecule has 0 radical (unpaired) electrons. The van der Waals surface area contributed by atoms with Crippen molar-refractivity contribution in [1.29, 1.82) is 0 Å². The van der Waals surface area contributed by atoms with Crippen LogP contribution in [0.4, 0.5) is 5.82 Å². The minimum atomic E-state index is 0.551. The van der Waals surface area contributed by atoms with Gasteiger partial charge in [-0.3, -0.25) is 0 Å². The first-order valence-corrected chi connectivity index (χ1v) is 7.09. The van der Waals surface area contributed by atoms with Crippen LogP contribution in [-0.4, -0.2) is 30.7 Å². The summed E-state index contributed by atoms with van der Waals surface area (Å²) in [6, 6.07) is 2.84. The van der Waals surface area contributed by atoms with Crippen LogP contribution in [0.1, 0.15) is 44.7 Å². The third-order valence-electron chi connectivity index (χ3n) is 3.71. The molecule has 0 aromatic carbocycles. The molecule has 2 rings (SSSR count).